The second-order valence-corrected chi connectivity index (χ2v) is 5.12. The largest absolute Gasteiger partial charge is 0.486 e. The highest BCUT2D eigenvalue weighted by Crippen LogP contribution is 2.32. The third kappa shape index (κ3) is 3.11. The Morgan fingerprint density at radius 3 is 2.83 bits per heavy atom. The van der Waals surface area contributed by atoms with Crippen LogP contribution in [0.3, 0.4) is 0 Å². The van der Waals surface area contributed by atoms with Gasteiger partial charge in [-0.3, -0.25) is 4.79 Å². The SMILES string of the molecule is CNCCNC(=O)c1nnn(-c2ccc3c(c2)OCCO3)c1C. The summed E-state index contributed by atoms with van der Waals surface area (Å²) in [6.07, 6.45) is 0. The number of carbonyl (C=O) groups is 1. The number of nitrogens with one attached hydrogen (secondary N) is 2. The molecule has 0 radical (unpaired) electrons. The minimum absolute atomic E-state index is 0.235. The van der Waals surface area contributed by atoms with Gasteiger partial charge >= 0.3 is 0 Å². The van der Waals surface area contributed by atoms with Crippen molar-refractivity contribution in [3.8, 4) is 17.2 Å². The van der Waals surface area contributed by atoms with E-state index in [1.54, 1.807) is 4.68 Å². The van der Waals surface area contributed by atoms with E-state index in [4.69, 9.17) is 9.47 Å². The molecule has 2 aromatic rings. The van der Waals surface area contributed by atoms with Gasteiger partial charge in [-0.15, -0.1) is 5.10 Å². The van der Waals surface area contributed by atoms with Gasteiger partial charge in [0, 0.05) is 19.2 Å². The van der Waals surface area contributed by atoms with Gasteiger partial charge in [-0.1, -0.05) is 5.21 Å². The predicted octanol–water partition coefficient (Wildman–Crippen LogP) is 0.296. The van der Waals surface area contributed by atoms with E-state index >= 15 is 0 Å². The van der Waals surface area contributed by atoms with E-state index in [1.165, 1.54) is 0 Å². The first-order chi connectivity index (χ1) is 11.2. The summed E-state index contributed by atoms with van der Waals surface area (Å²) in [6, 6.07) is 5.52. The number of hydrogen-bond donors (Lipinski definition) is 2. The molecule has 8 heteroatoms. The molecule has 1 aliphatic rings. The molecule has 1 aliphatic heterocycles. The molecule has 0 aliphatic carbocycles. The van der Waals surface area contributed by atoms with Crippen molar-refractivity contribution in [3.63, 3.8) is 0 Å². The molecule has 1 amide bonds. The van der Waals surface area contributed by atoms with Gasteiger partial charge in [-0.25, -0.2) is 4.68 Å². The fourth-order valence-corrected chi connectivity index (χ4v) is 2.33. The van der Waals surface area contributed by atoms with Gasteiger partial charge < -0.3 is 20.1 Å². The molecule has 0 saturated carbocycles. The lowest BCUT2D eigenvalue weighted by Crippen LogP contribution is -2.31. The fourth-order valence-electron chi connectivity index (χ4n) is 2.33. The highest BCUT2D eigenvalue weighted by Gasteiger charge is 2.19. The molecular formula is C15H19N5O3. The average molecular weight is 317 g/mol. The zero-order valence-corrected chi connectivity index (χ0v) is 13.1. The average Bonchev–Trinajstić information content (AvgIpc) is 2.96. The molecule has 0 atom stereocenters. The first-order valence-corrected chi connectivity index (χ1v) is 7.46. The molecule has 3 rings (SSSR count). The topological polar surface area (TPSA) is 90.3 Å². The lowest BCUT2D eigenvalue weighted by molar-refractivity contribution is 0.0948. The zero-order chi connectivity index (χ0) is 16.2. The van der Waals surface area contributed by atoms with Crippen molar-refractivity contribution in [2.24, 2.45) is 0 Å². The molecule has 1 aromatic heterocycles. The van der Waals surface area contributed by atoms with Gasteiger partial charge in [0.05, 0.1) is 11.4 Å². The van der Waals surface area contributed by atoms with Crippen molar-refractivity contribution in [1.82, 2.24) is 25.6 Å². The van der Waals surface area contributed by atoms with Crippen molar-refractivity contribution < 1.29 is 14.3 Å². The summed E-state index contributed by atoms with van der Waals surface area (Å²) in [5, 5.41) is 13.8. The number of hydrogen-bond acceptors (Lipinski definition) is 6. The number of rotatable bonds is 5. The number of nitrogens with zero attached hydrogens (tertiary/aromatic N) is 3. The van der Waals surface area contributed by atoms with Crippen molar-refractivity contribution >= 4 is 5.91 Å². The fraction of sp³-hybridized carbons (Fsp3) is 0.400. The lowest BCUT2D eigenvalue weighted by atomic mass is 10.2. The third-order valence-corrected chi connectivity index (χ3v) is 3.54. The number of amides is 1. The Kier molecular flexibility index (Phi) is 4.42. The van der Waals surface area contributed by atoms with Crippen LogP contribution in [0.4, 0.5) is 0 Å². The summed E-state index contributed by atoms with van der Waals surface area (Å²) in [6.45, 7) is 4.11. The Labute approximate surface area is 133 Å². The number of carbonyl (C=O) groups excluding carboxylic acids is 1. The summed E-state index contributed by atoms with van der Waals surface area (Å²) < 4.78 is 12.7. The first-order valence-electron chi connectivity index (χ1n) is 7.46. The lowest BCUT2D eigenvalue weighted by Gasteiger charge is -2.18. The maximum absolute atomic E-state index is 12.1. The van der Waals surface area contributed by atoms with E-state index in [1.807, 2.05) is 32.2 Å². The van der Waals surface area contributed by atoms with Gasteiger partial charge in [0.15, 0.2) is 17.2 Å². The number of benzene rings is 1. The Morgan fingerprint density at radius 2 is 2.04 bits per heavy atom. The molecule has 8 nitrogen and oxygen atoms in total. The summed E-state index contributed by atoms with van der Waals surface area (Å²) in [4.78, 5) is 12.1. The quantitative estimate of drug-likeness (QED) is 0.771. The van der Waals surface area contributed by atoms with Gasteiger partial charge in [0.25, 0.3) is 5.91 Å². The van der Waals surface area contributed by atoms with Gasteiger partial charge in [-0.2, -0.15) is 0 Å². The Balaban J connectivity index is 1.83. The van der Waals surface area contributed by atoms with Gasteiger partial charge in [0.1, 0.15) is 13.2 Å². The molecule has 2 heterocycles. The molecule has 0 saturated heterocycles. The summed E-state index contributed by atoms with van der Waals surface area (Å²) in [5.41, 5.74) is 1.76. The van der Waals surface area contributed by atoms with Crippen molar-refractivity contribution in [2.45, 2.75) is 6.92 Å². The molecule has 0 fully saturated rings. The van der Waals surface area contributed by atoms with Crippen molar-refractivity contribution in [1.29, 1.82) is 0 Å². The van der Waals surface area contributed by atoms with Gasteiger partial charge in [-0.05, 0) is 26.1 Å². The maximum Gasteiger partial charge on any atom is 0.273 e. The van der Waals surface area contributed by atoms with Crippen LogP contribution in [0.25, 0.3) is 5.69 Å². The van der Waals surface area contributed by atoms with Crippen LogP contribution in [0.1, 0.15) is 16.2 Å². The smallest absolute Gasteiger partial charge is 0.273 e. The first kappa shape index (κ1) is 15.3. The van der Waals surface area contributed by atoms with Crippen LogP contribution in [-0.2, 0) is 0 Å². The molecule has 2 N–H and O–H groups in total. The van der Waals surface area contributed by atoms with Crippen LogP contribution in [-0.4, -0.2) is 54.3 Å². The molecule has 0 spiro atoms. The summed E-state index contributed by atoms with van der Waals surface area (Å²) >= 11 is 0. The van der Waals surface area contributed by atoms with Crippen molar-refractivity contribution in [3.05, 3.63) is 29.6 Å². The van der Waals surface area contributed by atoms with Crippen LogP contribution in [0, 0.1) is 6.92 Å². The van der Waals surface area contributed by atoms with E-state index in [-0.39, 0.29) is 5.91 Å². The second-order valence-electron chi connectivity index (χ2n) is 5.12. The highest BCUT2D eigenvalue weighted by molar-refractivity contribution is 5.93. The highest BCUT2D eigenvalue weighted by atomic mass is 16.6. The summed E-state index contributed by atoms with van der Waals surface area (Å²) in [7, 11) is 1.83. The van der Waals surface area contributed by atoms with Crippen LogP contribution in [0.15, 0.2) is 18.2 Å². The molecule has 1 aromatic carbocycles. The Morgan fingerprint density at radius 1 is 1.26 bits per heavy atom. The van der Waals surface area contributed by atoms with Crippen LogP contribution >= 0.6 is 0 Å². The monoisotopic (exact) mass is 317 g/mol. The normalized spacial score (nSPS) is 13.0. The minimum Gasteiger partial charge on any atom is -0.486 e. The number of likely N-dealkylation sites (N-methyl/N-ethyl adjacent to an activating group) is 1. The van der Waals surface area contributed by atoms with Crippen LogP contribution in [0.5, 0.6) is 11.5 Å². The van der Waals surface area contributed by atoms with Gasteiger partial charge in [0.2, 0.25) is 0 Å². The maximum atomic E-state index is 12.1. The van der Waals surface area contributed by atoms with E-state index < -0.39 is 0 Å². The number of ether oxygens (including phenoxy) is 2. The molecule has 23 heavy (non-hydrogen) atoms. The molecule has 122 valence electrons. The summed E-state index contributed by atoms with van der Waals surface area (Å²) in [5.74, 6) is 1.15. The molecular weight excluding hydrogens is 298 g/mol. The predicted molar refractivity (Wildman–Crippen MR) is 83.3 cm³/mol. The van der Waals surface area contributed by atoms with Crippen LogP contribution < -0.4 is 20.1 Å². The Hall–Kier alpha value is -2.61. The Bertz CT molecular complexity index is 713. The minimum atomic E-state index is -0.235. The zero-order valence-electron chi connectivity index (χ0n) is 13.1. The molecule has 0 unspecified atom stereocenters. The second kappa shape index (κ2) is 6.66. The molecule has 0 bridgehead atoms. The number of aromatic nitrogens is 3. The van der Waals surface area contributed by atoms with E-state index in [0.29, 0.717) is 49.2 Å². The standard InChI is InChI=1S/C15H19N5O3/c1-10-14(15(21)17-6-5-16-2)18-19-20(10)11-3-4-12-13(9-11)23-8-7-22-12/h3-4,9,16H,5-8H2,1-2H3,(H,17,21). The number of fused-ring (bicyclic) bond motifs is 1. The van der Waals surface area contributed by atoms with E-state index in [0.717, 1.165) is 5.69 Å². The van der Waals surface area contributed by atoms with E-state index in [9.17, 15) is 4.79 Å². The van der Waals surface area contributed by atoms with E-state index in [2.05, 4.69) is 20.9 Å². The van der Waals surface area contributed by atoms with Crippen LogP contribution in [0.2, 0.25) is 0 Å². The third-order valence-electron chi connectivity index (χ3n) is 3.54. The van der Waals surface area contributed by atoms with Crippen molar-refractivity contribution in [2.75, 3.05) is 33.4 Å².